The van der Waals surface area contributed by atoms with Crippen molar-refractivity contribution in [1.82, 2.24) is 0 Å². The van der Waals surface area contributed by atoms with Crippen LogP contribution < -0.4 is 21.3 Å². The molecule has 3 amide bonds. The Morgan fingerprint density at radius 2 is 1.04 bits per heavy atom. The van der Waals surface area contributed by atoms with Crippen LogP contribution in [0.4, 0.5) is 22.7 Å². The maximum Gasteiger partial charge on any atom is 0.226 e. The third kappa shape index (κ3) is 6.64. The van der Waals surface area contributed by atoms with Crippen LogP contribution >= 0.6 is 0 Å². The van der Waals surface area contributed by atoms with Crippen molar-refractivity contribution in [2.24, 2.45) is 0 Å². The number of rotatable bonds is 7. The van der Waals surface area contributed by atoms with Crippen LogP contribution in [0.15, 0.2) is 48.5 Å². The molecule has 0 spiro atoms. The van der Waals surface area contributed by atoms with Gasteiger partial charge in [-0.05, 0) is 48.5 Å². The maximum atomic E-state index is 12.0. The number of carbonyl (C=O) groups is 3. The van der Waals surface area contributed by atoms with Crippen LogP contribution in [-0.2, 0) is 14.4 Å². The Kier molecular flexibility index (Phi) is 6.73. The van der Waals surface area contributed by atoms with Crippen LogP contribution in [0.5, 0.6) is 0 Å². The summed E-state index contributed by atoms with van der Waals surface area (Å²) in [6, 6.07) is 14.2. The van der Waals surface area contributed by atoms with E-state index in [4.69, 9.17) is 0 Å². The van der Waals surface area contributed by atoms with Gasteiger partial charge in [-0.25, -0.2) is 0 Å². The van der Waals surface area contributed by atoms with E-state index in [0.717, 1.165) is 11.4 Å². The van der Waals surface area contributed by atoms with Gasteiger partial charge in [-0.3, -0.25) is 14.4 Å². The molecule has 0 saturated heterocycles. The Morgan fingerprint density at radius 1 is 0.654 bits per heavy atom. The van der Waals surface area contributed by atoms with Gasteiger partial charge in [-0.1, -0.05) is 0 Å². The molecule has 26 heavy (non-hydrogen) atoms. The van der Waals surface area contributed by atoms with Crippen molar-refractivity contribution >= 4 is 40.5 Å². The SMILES string of the molecule is CC(=O)Nc1ccc(NCCC(=O)Nc2ccc(NC(C)=O)cc2)cc1. The Bertz CT molecular complexity index is 770. The smallest absolute Gasteiger partial charge is 0.226 e. The molecule has 0 heterocycles. The Hall–Kier alpha value is -3.35. The number of hydrogen-bond acceptors (Lipinski definition) is 4. The summed E-state index contributed by atoms with van der Waals surface area (Å²) < 4.78 is 0. The molecule has 0 aromatic heterocycles. The average Bonchev–Trinajstić information content (AvgIpc) is 2.57. The molecule has 0 aliphatic carbocycles. The van der Waals surface area contributed by atoms with Crippen molar-refractivity contribution < 1.29 is 14.4 Å². The van der Waals surface area contributed by atoms with Crippen molar-refractivity contribution in [3.8, 4) is 0 Å². The predicted octanol–water partition coefficient (Wildman–Crippen LogP) is 3.04. The van der Waals surface area contributed by atoms with Crippen molar-refractivity contribution in [2.75, 3.05) is 27.8 Å². The molecule has 2 rings (SSSR count). The third-order valence-electron chi connectivity index (χ3n) is 3.38. The van der Waals surface area contributed by atoms with Gasteiger partial charge in [-0.2, -0.15) is 0 Å². The molecule has 4 N–H and O–H groups in total. The van der Waals surface area contributed by atoms with E-state index in [0.29, 0.717) is 24.3 Å². The molecular formula is C19H22N4O3. The minimum atomic E-state index is -0.141. The standard InChI is InChI=1S/C19H22N4O3/c1-13(24)21-16-5-3-15(4-6-16)20-12-11-19(26)23-18-9-7-17(8-10-18)22-14(2)25/h3-10,20H,11-12H2,1-2H3,(H,21,24)(H,22,25)(H,23,26). The number of carbonyl (C=O) groups excluding carboxylic acids is 3. The van der Waals surface area contributed by atoms with Gasteiger partial charge in [0.2, 0.25) is 17.7 Å². The summed E-state index contributed by atoms with van der Waals surface area (Å²) in [6.07, 6.45) is 0.306. The summed E-state index contributed by atoms with van der Waals surface area (Å²) in [5.41, 5.74) is 2.94. The summed E-state index contributed by atoms with van der Waals surface area (Å²) in [6.45, 7) is 3.38. The lowest BCUT2D eigenvalue weighted by atomic mass is 10.2. The van der Waals surface area contributed by atoms with Crippen molar-refractivity contribution in [2.45, 2.75) is 20.3 Å². The van der Waals surface area contributed by atoms with Crippen LogP contribution in [0.3, 0.4) is 0 Å². The third-order valence-corrected chi connectivity index (χ3v) is 3.38. The lowest BCUT2D eigenvalue weighted by molar-refractivity contribution is -0.116. The van der Waals surface area contributed by atoms with E-state index in [-0.39, 0.29) is 17.7 Å². The molecule has 7 heteroatoms. The molecule has 0 atom stereocenters. The second-order valence-corrected chi connectivity index (χ2v) is 5.74. The van der Waals surface area contributed by atoms with Gasteiger partial charge < -0.3 is 21.3 Å². The number of amides is 3. The molecule has 7 nitrogen and oxygen atoms in total. The highest BCUT2D eigenvalue weighted by atomic mass is 16.2. The van der Waals surface area contributed by atoms with E-state index < -0.39 is 0 Å². The number of benzene rings is 2. The normalized spacial score (nSPS) is 9.92. The molecular weight excluding hydrogens is 332 g/mol. The molecule has 0 aliphatic rings. The van der Waals surface area contributed by atoms with Crippen LogP contribution in [0, 0.1) is 0 Å². The van der Waals surface area contributed by atoms with Crippen LogP contribution in [0.25, 0.3) is 0 Å². The summed E-state index contributed by atoms with van der Waals surface area (Å²) in [5.74, 6) is -0.370. The zero-order valence-electron chi connectivity index (χ0n) is 14.8. The quantitative estimate of drug-likeness (QED) is 0.614. The van der Waals surface area contributed by atoms with Crippen LogP contribution in [0.2, 0.25) is 0 Å². The Balaban J connectivity index is 1.74. The summed E-state index contributed by atoms with van der Waals surface area (Å²) in [7, 11) is 0. The molecule has 0 fully saturated rings. The summed E-state index contributed by atoms with van der Waals surface area (Å²) in [5, 5.41) is 11.3. The first kappa shape index (κ1) is 19.0. The first-order valence-electron chi connectivity index (χ1n) is 8.21. The second-order valence-electron chi connectivity index (χ2n) is 5.74. The molecule has 2 aromatic carbocycles. The minimum Gasteiger partial charge on any atom is -0.385 e. The summed E-state index contributed by atoms with van der Waals surface area (Å²) in [4.78, 5) is 33.9. The van der Waals surface area contributed by atoms with E-state index in [1.54, 1.807) is 36.4 Å². The van der Waals surface area contributed by atoms with Crippen molar-refractivity contribution in [3.05, 3.63) is 48.5 Å². The monoisotopic (exact) mass is 354 g/mol. The number of nitrogens with one attached hydrogen (secondary N) is 4. The Labute approximate surface area is 152 Å². The van der Waals surface area contributed by atoms with Gasteiger partial charge in [0, 0.05) is 49.6 Å². The lowest BCUT2D eigenvalue weighted by Crippen LogP contribution is -2.16. The first-order chi connectivity index (χ1) is 12.4. The summed E-state index contributed by atoms with van der Waals surface area (Å²) >= 11 is 0. The topological polar surface area (TPSA) is 99.3 Å². The van der Waals surface area contributed by atoms with Gasteiger partial charge in [0.15, 0.2) is 0 Å². The molecule has 0 aliphatic heterocycles. The highest BCUT2D eigenvalue weighted by Gasteiger charge is 2.03. The maximum absolute atomic E-state index is 12.0. The zero-order valence-corrected chi connectivity index (χ0v) is 14.8. The fraction of sp³-hybridized carbons (Fsp3) is 0.211. The van der Waals surface area contributed by atoms with Gasteiger partial charge in [0.1, 0.15) is 0 Å². The predicted molar refractivity (Wildman–Crippen MR) is 103 cm³/mol. The van der Waals surface area contributed by atoms with Gasteiger partial charge >= 0.3 is 0 Å². The highest BCUT2D eigenvalue weighted by Crippen LogP contribution is 2.15. The van der Waals surface area contributed by atoms with Gasteiger partial charge in [-0.15, -0.1) is 0 Å². The average molecular weight is 354 g/mol. The molecule has 136 valence electrons. The number of hydrogen-bond donors (Lipinski definition) is 4. The minimum absolute atomic E-state index is 0.111. The Morgan fingerprint density at radius 3 is 1.46 bits per heavy atom. The number of anilines is 4. The molecule has 0 saturated carbocycles. The highest BCUT2D eigenvalue weighted by molar-refractivity contribution is 5.92. The molecule has 0 unspecified atom stereocenters. The van der Waals surface area contributed by atoms with Gasteiger partial charge in [0.05, 0.1) is 0 Å². The van der Waals surface area contributed by atoms with Crippen LogP contribution in [-0.4, -0.2) is 24.3 Å². The zero-order chi connectivity index (χ0) is 18.9. The van der Waals surface area contributed by atoms with Crippen LogP contribution in [0.1, 0.15) is 20.3 Å². The lowest BCUT2D eigenvalue weighted by Gasteiger charge is -2.09. The fourth-order valence-corrected chi connectivity index (χ4v) is 2.26. The van der Waals surface area contributed by atoms with E-state index >= 15 is 0 Å². The van der Waals surface area contributed by atoms with Gasteiger partial charge in [0.25, 0.3) is 0 Å². The molecule has 0 radical (unpaired) electrons. The van der Waals surface area contributed by atoms with E-state index in [1.807, 2.05) is 12.1 Å². The molecule has 0 bridgehead atoms. The largest absolute Gasteiger partial charge is 0.385 e. The van der Waals surface area contributed by atoms with Crippen molar-refractivity contribution in [1.29, 1.82) is 0 Å². The van der Waals surface area contributed by atoms with E-state index in [2.05, 4.69) is 21.3 Å². The van der Waals surface area contributed by atoms with E-state index in [9.17, 15) is 14.4 Å². The molecule has 2 aromatic rings. The second kappa shape index (κ2) is 9.22. The first-order valence-corrected chi connectivity index (χ1v) is 8.21. The van der Waals surface area contributed by atoms with E-state index in [1.165, 1.54) is 13.8 Å². The fourth-order valence-electron chi connectivity index (χ4n) is 2.26. The van der Waals surface area contributed by atoms with Crippen molar-refractivity contribution in [3.63, 3.8) is 0 Å².